The van der Waals surface area contributed by atoms with Crippen LogP contribution in [-0.2, 0) is 13.0 Å². The second-order valence-electron chi connectivity index (χ2n) is 4.12. The van der Waals surface area contributed by atoms with E-state index in [9.17, 15) is 0 Å². The van der Waals surface area contributed by atoms with Crippen molar-refractivity contribution in [2.24, 2.45) is 0 Å². The Hall–Kier alpha value is -1.81. The van der Waals surface area contributed by atoms with Gasteiger partial charge in [0.25, 0.3) is 0 Å². The first-order chi connectivity index (χ1) is 9.21. The fourth-order valence-corrected chi connectivity index (χ4v) is 1.92. The molecule has 0 radical (unpaired) electrons. The van der Waals surface area contributed by atoms with Crippen LogP contribution in [0.3, 0.4) is 0 Å². The van der Waals surface area contributed by atoms with E-state index in [1.54, 1.807) is 13.3 Å². The molecule has 4 nitrogen and oxygen atoms in total. The summed E-state index contributed by atoms with van der Waals surface area (Å²) in [5, 5.41) is 3.57. The Balaban J connectivity index is 2.10. The molecule has 0 atom stereocenters. The van der Waals surface area contributed by atoms with Crippen molar-refractivity contribution in [3.63, 3.8) is 0 Å². The molecule has 0 aliphatic heterocycles. The lowest BCUT2D eigenvalue weighted by Crippen LogP contribution is -2.03. The van der Waals surface area contributed by atoms with E-state index < -0.39 is 0 Å². The molecular weight excluding hydrogens is 262 g/mol. The van der Waals surface area contributed by atoms with Crippen molar-refractivity contribution in [3.8, 4) is 5.75 Å². The standard InChI is InChI=1S/C14H16ClN3O/c1-3-10-4-11(6-12(5-10)19-2)7-17-14-9-16-8-13(15)18-14/h4-6,8-9H,3,7H2,1-2H3,(H,17,18). The highest BCUT2D eigenvalue weighted by Gasteiger charge is 2.02. The first-order valence-electron chi connectivity index (χ1n) is 6.09. The van der Waals surface area contributed by atoms with Crippen molar-refractivity contribution in [1.82, 2.24) is 9.97 Å². The highest BCUT2D eigenvalue weighted by atomic mass is 35.5. The van der Waals surface area contributed by atoms with Crippen LogP contribution in [0.5, 0.6) is 5.75 Å². The van der Waals surface area contributed by atoms with Gasteiger partial charge in [-0.15, -0.1) is 0 Å². The smallest absolute Gasteiger partial charge is 0.149 e. The summed E-state index contributed by atoms with van der Waals surface area (Å²) in [5.41, 5.74) is 2.38. The Labute approximate surface area is 117 Å². The van der Waals surface area contributed by atoms with Crippen molar-refractivity contribution in [2.75, 3.05) is 12.4 Å². The molecule has 0 spiro atoms. The second-order valence-corrected chi connectivity index (χ2v) is 4.51. The highest BCUT2D eigenvalue weighted by molar-refractivity contribution is 6.29. The van der Waals surface area contributed by atoms with Crippen LogP contribution in [0.15, 0.2) is 30.6 Å². The van der Waals surface area contributed by atoms with Crippen molar-refractivity contribution in [2.45, 2.75) is 19.9 Å². The van der Waals surface area contributed by atoms with Gasteiger partial charge in [0.15, 0.2) is 0 Å². The van der Waals surface area contributed by atoms with Crippen LogP contribution in [0, 0.1) is 0 Å². The fraction of sp³-hybridized carbons (Fsp3) is 0.286. The monoisotopic (exact) mass is 277 g/mol. The van der Waals surface area contributed by atoms with Crippen LogP contribution in [0.2, 0.25) is 5.15 Å². The van der Waals surface area contributed by atoms with E-state index in [0.717, 1.165) is 17.7 Å². The molecule has 1 aromatic carbocycles. The number of hydrogen-bond acceptors (Lipinski definition) is 4. The Bertz CT molecular complexity index is 538. The van der Waals surface area contributed by atoms with E-state index in [-0.39, 0.29) is 0 Å². The summed E-state index contributed by atoms with van der Waals surface area (Å²) in [7, 11) is 1.68. The van der Waals surface area contributed by atoms with Crippen molar-refractivity contribution in [3.05, 3.63) is 46.9 Å². The zero-order valence-electron chi connectivity index (χ0n) is 11.0. The Kier molecular flexibility index (Phi) is 4.58. The van der Waals surface area contributed by atoms with Gasteiger partial charge in [-0.2, -0.15) is 0 Å². The molecular formula is C14H16ClN3O. The minimum absolute atomic E-state index is 0.380. The number of methoxy groups -OCH3 is 1. The average molecular weight is 278 g/mol. The number of rotatable bonds is 5. The molecule has 0 bridgehead atoms. The molecule has 0 aliphatic carbocycles. The third kappa shape index (κ3) is 3.83. The van der Waals surface area contributed by atoms with Gasteiger partial charge in [0, 0.05) is 6.54 Å². The summed E-state index contributed by atoms with van der Waals surface area (Å²) in [6, 6.07) is 6.19. The molecule has 2 aromatic rings. The summed E-state index contributed by atoms with van der Waals surface area (Å²) < 4.78 is 5.29. The summed E-state index contributed by atoms with van der Waals surface area (Å²) in [6.45, 7) is 2.77. The number of nitrogens with zero attached hydrogens (tertiary/aromatic N) is 2. The zero-order valence-corrected chi connectivity index (χ0v) is 11.7. The minimum atomic E-state index is 0.380. The predicted octanol–water partition coefficient (Wildman–Crippen LogP) is 3.31. The Morgan fingerprint density at radius 1 is 1.21 bits per heavy atom. The maximum absolute atomic E-state index is 5.79. The Morgan fingerprint density at radius 2 is 2.00 bits per heavy atom. The molecule has 0 fully saturated rings. The van der Waals surface area contributed by atoms with Gasteiger partial charge in [-0.1, -0.05) is 24.6 Å². The van der Waals surface area contributed by atoms with E-state index in [4.69, 9.17) is 16.3 Å². The molecule has 2 rings (SSSR count). The largest absolute Gasteiger partial charge is 0.497 e. The minimum Gasteiger partial charge on any atom is -0.497 e. The predicted molar refractivity (Wildman–Crippen MR) is 76.7 cm³/mol. The van der Waals surface area contributed by atoms with Crippen molar-refractivity contribution < 1.29 is 4.74 Å². The van der Waals surface area contributed by atoms with E-state index in [1.165, 1.54) is 11.8 Å². The highest BCUT2D eigenvalue weighted by Crippen LogP contribution is 2.18. The maximum atomic E-state index is 5.79. The molecule has 0 aliphatic rings. The summed E-state index contributed by atoms with van der Waals surface area (Å²) >= 11 is 5.79. The number of halogens is 1. The molecule has 5 heteroatoms. The number of nitrogens with one attached hydrogen (secondary N) is 1. The molecule has 1 heterocycles. The third-order valence-electron chi connectivity index (χ3n) is 2.75. The number of aromatic nitrogens is 2. The number of hydrogen-bond donors (Lipinski definition) is 1. The zero-order chi connectivity index (χ0) is 13.7. The fourth-order valence-electron chi connectivity index (χ4n) is 1.77. The lowest BCUT2D eigenvalue weighted by Gasteiger charge is -2.09. The molecule has 0 saturated carbocycles. The van der Waals surface area contributed by atoms with E-state index in [2.05, 4.69) is 28.3 Å². The van der Waals surface area contributed by atoms with Gasteiger partial charge in [-0.05, 0) is 29.7 Å². The van der Waals surface area contributed by atoms with Crippen molar-refractivity contribution >= 4 is 17.4 Å². The first-order valence-corrected chi connectivity index (χ1v) is 6.47. The van der Waals surface area contributed by atoms with Gasteiger partial charge in [0.1, 0.15) is 16.7 Å². The van der Waals surface area contributed by atoms with Gasteiger partial charge in [0.2, 0.25) is 0 Å². The molecule has 1 N–H and O–H groups in total. The van der Waals surface area contributed by atoms with Crippen molar-refractivity contribution in [1.29, 1.82) is 0 Å². The number of ether oxygens (including phenoxy) is 1. The van der Waals surface area contributed by atoms with Crippen LogP contribution < -0.4 is 10.1 Å². The van der Waals surface area contributed by atoms with Gasteiger partial charge in [0.05, 0.1) is 19.5 Å². The number of aryl methyl sites for hydroxylation is 1. The summed E-state index contributed by atoms with van der Waals surface area (Å²) in [5.74, 6) is 1.53. The van der Waals surface area contributed by atoms with Crippen LogP contribution >= 0.6 is 11.6 Å². The molecule has 19 heavy (non-hydrogen) atoms. The normalized spacial score (nSPS) is 10.3. The molecule has 100 valence electrons. The molecule has 0 unspecified atom stereocenters. The van der Waals surface area contributed by atoms with Crippen LogP contribution in [-0.4, -0.2) is 17.1 Å². The van der Waals surface area contributed by atoms with E-state index >= 15 is 0 Å². The van der Waals surface area contributed by atoms with Gasteiger partial charge < -0.3 is 10.1 Å². The maximum Gasteiger partial charge on any atom is 0.149 e. The van der Waals surface area contributed by atoms with Crippen LogP contribution in [0.4, 0.5) is 5.82 Å². The van der Waals surface area contributed by atoms with Gasteiger partial charge in [-0.25, -0.2) is 4.98 Å². The quantitative estimate of drug-likeness (QED) is 0.911. The molecule has 1 aromatic heterocycles. The lowest BCUT2D eigenvalue weighted by molar-refractivity contribution is 0.414. The van der Waals surface area contributed by atoms with Gasteiger partial charge >= 0.3 is 0 Å². The second kappa shape index (κ2) is 6.38. The van der Waals surface area contributed by atoms with Crippen LogP contribution in [0.25, 0.3) is 0 Å². The molecule has 0 amide bonds. The topological polar surface area (TPSA) is 47.0 Å². The lowest BCUT2D eigenvalue weighted by atomic mass is 10.1. The summed E-state index contributed by atoms with van der Waals surface area (Å²) in [4.78, 5) is 8.12. The number of benzene rings is 1. The summed E-state index contributed by atoms with van der Waals surface area (Å²) in [6.07, 6.45) is 4.13. The van der Waals surface area contributed by atoms with E-state index in [1.807, 2.05) is 12.1 Å². The molecule has 0 saturated heterocycles. The first kappa shape index (κ1) is 13.6. The Morgan fingerprint density at radius 3 is 2.68 bits per heavy atom. The average Bonchev–Trinajstić information content (AvgIpc) is 2.44. The van der Waals surface area contributed by atoms with Crippen LogP contribution in [0.1, 0.15) is 18.1 Å². The third-order valence-corrected chi connectivity index (χ3v) is 2.93. The van der Waals surface area contributed by atoms with Gasteiger partial charge in [-0.3, -0.25) is 4.98 Å². The van der Waals surface area contributed by atoms with E-state index in [0.29, 0.717) is 17.5 Å². The number of anilines is 1. The SMILES string of the molecule is CCc1cc(CNc2cncc(Cl)n2)cc(OC)c1.